The summed E-state index contributed by atoms with van der Waals surface area (Å²) in [4.78, 5) is 24.8. The average Bonchev–Trinajstić information content (AvgIpc) is 3.04. The summed E-state index contributed by atoms with van der Waals surface area (Å²) in [5, 5.41) is 0.877. The Kier molecular flexibility index (Phi) is 4.87. The molecule has 0 fully saturated rings. The summed E-state index contributed by atoms with van der Waals surface area (Å²) in [6, 6.07) is 16.9. The van der Waals surface area contributed by atoms with Crippen LogP contribution in [0.1, 0.15) is 32.5 Å². The number of ketones is 1. The van der Waals surface area contributed by atoms with E-state index >= 15 is 0 Å². The first-order valence-electron chi connectivity index (χ1n) is 7.65. The lowest BCUT2D eigenvalue weighted by molar-refractivity contribution is 0.0526. The number of carbonyl (C=O) groups excluding carboxylic acids is 2. The van der Waals surface area contributed by atoms with Crippen LogP contribution in [0.4, 0.5) is 0 Å². The van der Waals surface area contributed by atoms with Crippen LogP contribution < -0.4 is 0 Å². The molecule has 0 aliphatic rings. The maximum absolute atomic E-state index is 12.3. The van der Waals surface area contributed by atoms with Crippen molar-refractivity contribution < 1.29 is 14.3 Å². The molecule has 0 radical (unpaired) electrons. The van der Waals surface area contributed by atoms with E-state index < -0.39 is 0 Å². The van der Waals surface area contributed by atoms with E-state index in [1.54, 1.807) is 31.2 Å². The topological polar surface area (TPSA) is 43.4 Å². The van der Waals surface area contributed by atoms with Gasteiger partial charge in [-0.15, -0.1) is 11.3 Å². The number of ether oxygens (including phenoxy) is 1. The van der Waals surface area contributed by atoms with Gasteiger partial charge in [0.25, 0.3) is 0 Å². The second kappa shape index (κ2) is 7.23. The quantitative estimate of drug-likeness (QED) is 0.375. The molecule has 0 unspecified atom stereocenters. The van der Waals surface area contributed by atoms with Crippen LogP contribution in [0.5, 0.6) is 0 Å². The third-order valence-corrected chi connectivity index (χ3v) is 4.63. The zero-order valence-electron chi connectivity index (χ0n) is 13.2. The number of hydrogen-bond donors (Lipinski definition) is 0. The second-order valence-corrected chi connectivity index (χ2v) is 6.28. The van der Waals surface area contributed by atoms with Crippen LogP contribution in [0.2, 0.25) is 0 Å². The van der Waals surface area contributed by atoms with Crippen LogP contribution in [-0.4, -0.2) is 18.4 Å². The maximum Gasteiger partial charge on any atom is 0.338 e. The molecule has 0 N–H and O–H groups in total. The van der Waals surface area contributed by atoms with Crippen molar-refractivity contribution >= 4 is 39.3 Å². The first kappa shape index (κ1) is 16.1. The summed E-state index contributed by atoms with van der Waals surface area (Å²) in [6.07, 6.45) is 3.38. The molecule has 3 nitrogen and oxygen atoms in total. The van der Waals surface area contributed by atoms with Crippen LogP contribution in [0.15, 0.2) is 60.7 Å². The lowest BCUT2D eigenvalue weighted by Crippen LogP contribution is -2.03. The standard InChI is InChI=1S/C20H16O3S/c1-2-23-20(22)15-9-11-18-16(12-15)13-19(24-18)17(21)10-8-14-6-4-3-5-7-14/h3-13H,2H2,1H3. The van der Waals surface area contributed by atoms with Crippen molar-refractivity contribution in [1.29, 1.82) is 0 Å². The Hall–Kier alpha value is -2.72. The second-order valence-electron chi connectivity index (χ2n) is 5.19. The first-order chi connectivity index (χ1) is 11.7. The Morgan fingerprint density at radius 1 is 1.08 bits per heavy atom. The number of benzene rings is 2. The van der Waals surface area contributed by atoms with Crippen LogP contribution >= 0.6 is 11.3 Å². The fourth-order valence-corrected chi connectivity index (χ4v) is 3.29. The van der Waals surface area contributed by atoms with Gasteiger partial charge >= 0.3 is 5.97 Å². The molecule has 3 aromatic rings. The van der Waals surface area contributed by atoms with E-state index in [2.05, 4.69) is 0 Å². The maximum atomic E-state index is 12.3. The van der Waals surface area contributed by atoms with E-state index in [-0.39, 0.29) is 11.8 Å². The minimum absolute atomic E-state index is 0.0438. The molecule has 3 rings (SSSR count). The van der Waals surface area contributed by atoms with Crippen molar-refractivity contribution in [2.75, 3.05) is 6.61 Å². The van der Waals surface area contributed by atoms with Gasteiger partial charge in [0.05, 0.1) is 17.0 Å². The van der Waals surface area contributed by atoms with Crippen LogP contribution in [-0.2, 0) is 4.74 Å². The molecular weight excluding hydrogens is 320 g/mol. The molecule has 1 heterocycles. The molecule has 2 aromatic carbocycles. The highest BCUT2D eigenvalue weighted by Crippen LogP contribution is 2.27. The molecule has 0 saturated carbocycles. The summed E-state index contributed by atoms with van der Waals surface area (Å²) < 4.78 is 5.98. The van der Waals surface area contributed by atoms with Crippen LogP contribution in [0, 0.1) is 0 Å². The number of rotatable bonds is 5. The Bertz CT molecular complexity index is 907. The fraction of sp³-hybridized carbons (Fsp3) is 0.100. The number of allylic oxidation sites excluding steroid dienone is 1. The molecule has 0 aliphatic heterocycles. The normalized spacial score (nSPS) is 11.0. The third-order valence-electron chi connectivity index (χ3n) is 3.50. The SMILES string of the molecule is CCOC(=O)c1ccc2sc(C(=O)C=Cc3ccccc3)cc2c1. The van der Waals surface area contributed by atoms with Gasteiger partial charge in [0, 0.05) is 4.70 Å². The van der Waals surface area contributed by atoms with Gasteiger partial charge in [-0.25, -0.2) is 4.79 Å². The predicted octanol–water partition coefficient (Wildman–Crippen LogP) is 4.97. The Balaban J connectivity index is 1.83. The minimum Gasteiger partial charge on any atom is -0.462 e. The molecule has 24 heavy (non-hydrogen) atoms. The smallest absolute Gasteiger partial charge is 0.338 e. The largest absolute Gasteiger partial charge is 0.462 e. The van der Waals surface area contributed by atoms with Gasteiger partial charge < -0.3 is 4.74 Å². The van der Waals surface area contributed by atoms with Crippen molar-refractivity contribution in [3.05, 3.63) is 76.7 Å². The van der Waals surface area contributed by atoms with E-state index in [0.717, 1.165) is 15.6 Å². The molecule has 4 heteroatoms. The Labute approximate surface area is 144 Å². The van der Waals surface area contributed by atoms with Gasteiger partial charge in [0.1, 0.15) is 0 Å². The first-order valence-corrected chi connectivity index (χ1v) is 8.47. The summed E-state index contributed by atoms with van der Waals surface area (Å²) >= 11 is 1.42. The van der Waals surface area contributed by atoms with Crippen molar-refractivity contribution in [3.63, 3.8) is 0 Å². The number of hydrogen-bond acceptors (Lipinski definition) is 4. The highest BCUT2D eigenvalue weighted by atomic mass is 32.1. The Morgan fingerprint density at radius 3 is 2.62 bits per heavy atom. The Morgan fingerprint density at radius 2 is 1.88 bits per heavy atom. The lowest BCUT2D eigenvalue weighted by Gasteiger charge is -2.00. The van der Waals surface area contributed by atoms with E-state index in [4.69, 9.17) is 4.74 Å². The minimum atomic E-state index is -0.345. The molecule has 0 aliphatic carbocycles. The molecule has 0 bridgehead atoms. The lowest BCUT2D eigenvalue weighted by atomic mass is 10.1. The summed E-state index contributed by atoms with van der Waals surface area (Å²) in [7, 11) is 0. The van der Waals surface area contributed by atoms with Gasteiger partial charge in [0.2, 0.25) is 0 Å². The van der Waals surface area contributed by atoms with Crippen LogP contribution in [0.25, 0.3) is 16.2 Å². The van der Waals surface area contributed by atoms with Gasteiger partial charge in [-0.05, 0) is 48.2 Å². The summed E-state index contributed by atoms with van der Waals surface area (Å²) in [5.41, 5.74) is 1.48. The van der Waals surface area contributed by atoms with Gasteiger partial charge in [0.15, 0.2) is 5.78 Å². The molecule has 0 amide bonds. The zero-order chi connectivity index (χ0) is 16.9. The van der Waals surface area contributed by atoms with E-state index in [1.807, 2.05) is 42.5 Å². The number of esters is 1. The van der Waals surface area contributed by atoms with Crippen molar-refractivity contribution in [1.82, 2.24) is 0 Å². The predicted molar refractivity (Wildman–Crippen MR) is 97.6 cm³/mol. The third kappa shape index (κ3) is 3.60. The van der Waals surface area contributed by atoms with Crippen molar-refractivity contribution in [3.8, 4) is 0 Å². The number of thiophene rings is 1. The number of carbonyl (C=O) groups is 2. The highest BCUT2D eigenvalue weighted by Gasteiger charge is 2.11. The highest BCUT2D eigenvalue weighted by molar-refractivity contribution is 7.21. The molecule has 0 spiro atoms. The molecular formula is C20H16O3S. The number of fused-ring (bicyclic) bond motifs is 1. The average molecular weight is 336 g/mol. The van der Waals surface area contributed by atoms with Crippen molar-refractivity contribution in [2.24, 2.45) is 0 Å². The zero-order valence-corrected chi connectivity index (χ0v) is 14.0. The van der Waals surface area contributed by atoms with Gasteiger partial charge in [-0.1, -0.05) is 36.4 Å². The van der Waals surface area contributed by atoms with Crippen molar-refractivity contribution in [2.45, 2.75) is 6.92 Å². The summed E-state index contributed by atoms with van der Waals surface area (Å²) in [5.74, 6) is -0.389. The van der Waals surface area contributed by atoms with Gasteiger partial charge in [-0.3, -0.25) is 4.79 Å². The van der Waals surface area contributed by atoms with E-state index in [9.17, 15) is 9.59 Å². The van der Waals surface area contributed by atoms with Crippen LogP contribution in [0.3, 0.4) is 0 Å². The van der Waals surface area contributed by atoms with E-state index in [0.29, 0.717) is 17.0 Å². The molecule has 0 atom stereocenters. The summed E-state index contributed by atoms with van der Waals surface area (Å²) in [6.45, 7) is 2.12. The molecule has 0 saturated heterocycles. The van der Waals surface area contributed by atoms with Gasteiger partial charge in [-0.2, -0.15) is 0 Å². The monoisotopic (exact) mass is 336 g/mol. The molecule has 1 aromatic heterocycles. The molecule has 120 valence electrons. The fourth-order valence-electron chi connectivity index (χ4n) is 2.32. The van der Waals surface area contributed by atoms with E-state index in [1.165, 1.54) is 11.3 Å².